The quantitative estimate of drug-likeness (QED) is 0.487. The summed E-state index contributed by atoms with van der Waals surface area (Å²) in [5.74, 6) is 1.66. The zero-order valence-electron chi connectivity index (χ0n) is 7.22. The van der Waals surface area contributed by atoms with E-state index in [1.807, 2.05) is 0 Å². The predicted molar refractivity (Wildman–Crippen MR) is 45.6 cm³/mol. The molecule has 0 heterocycles. The highest BCUT2D eigenvalue weighted by Gasteiger charge is 2.15. The molecule has 0 heteroatoms. The van der Waals surface area contributed by atoms with Crippen molar-refractivity contribution in [1.29, 1.82) is 0 Å². The lowest BCUT2D eigenvalue weighted by Crippen LogP contribution is -2.11. The predicted octanol–water partition coefficient (Wildman–Crippen LogP) is 3.20. The van der Waals surface area contributed by atoms with Crippen LogP contribution >= 0.6 is 0 Å². The molecule has 10 heavy (non-hydrogen) atoms. The van der Waals surface area contributed by atoms with Crippen LogP contribution in [0.3, 0.4) is 0 Å². The summed E-state index contributed by atoms with van der Waals surface area (Å²) >= 11 is 0. The van der Waals surface area contributed by atoms with Crippen LogP contribution in [0.15, 0.2) is 11.6 Å². The van der Waals surface area contributed by atoms with Crippen LogP contribution in [0.5, 0.6) is 0 Å². The molecule has 1 aliphatic carbocycles. The van der Waals surface area contributed by atoms with Gasteiger partial charge in [-0.25, -0.2) is 0 Å². The summed E-state index contributed by atoms with van der Waals surface area (Å²) in [7, 11) is 0. The van der Waals surface area contributed by atoms with Crippen LogP contribution in [0.25, 0.3) is 0 Å². The Morgan fingerprint density at radius 3 is 2.60 bits per heavy atom. The molecule has 0 fully saturated rings. The molecule has 0 saturated heterocycles. The Hall–Kier alpha value is -0.260. The van der Waals surface area contributed by atoms with Gasteiger partial charge in [-0.15, -0.1) is 0 Å². The Labute approximate surface area is 64.3 Å². The Morgan fingerprint density at radius 2 is 2.20 bits per heavy atom. The van der Waals surface area contributed by atoms with Crippen molar-refractivity contribution >= 4 is 0 Å². The van der Waals surface area contributed by atoms with E-state index in [0.29, 0.717) is 0 Å². The first kappa shape index (κ1) is 7.84. The molecular weight excluding hydrogens is 120 g/mol. The van der Waals surface area contributed by atoms with E-state index in [0.717, 1.165) is 11.8 Å². The Balaban J connectivity index is 2.42. The topological polar surface area (TPSA) is 0 Å². The third-order valence-corrected chi connectivity index (χ3v) is 2.34. The first-order chi connectivity index (χ1) is 4.70. The number of rotatable bonds is 1. The van der Waals surface area contributed by atoms with Crippen molar-refractivity contribution in [3.63, 3.8) is 0 Å². The molecule has 0 bridgehead atoms. The van der Waals surface area contributed by atoms with Gasteiger partial charge in [0.05, 0.1) is 0 Å². The van der Waals surface area contributed by atoms with Crippen molar-refractivity contribution in [2.45, 2.75) is 33.6 Å². The van der Waals surface area contributed by atoms with Gasteiger partial charge >= 0.3 is 0 Å². The van der Waals surface area contributed by atoms with E-state index in [9.17, 15) is 0 Å². The van der Waals surface area contributed by atoms with Crippen LogP contribution in [0, 0.1) is 18.3 Å². The average molecular weight is 137 g/mol. The highest BCUT2D eigenvalue weighted by atomic mass is 14.2. The van der Waals surface area contributed by atoms with Crippen molar-refractivity contribution in [2.75, 3.05) is 0 Å². The van der Waals surface area contributed by atoms with E-state index in [4.69, 9.17) is 0 Å². The molecule has 0 aromatic heterocycles. The molecule has 0 nitrogen and oxygen atoms in total. The van der Waals surface area contributed by atoms with Crippen LogP contribution in [0.4, 0.5) is 0 Å². The third-order valence-electron chi connectivity index (χ3n) is 2.34. The molecule has 0 aromatic rings. The molecule has 0 N–H and O–H groups in total. The van der Waals surface area contributed by atoms with Crippen molar-refractivity contribution < 1.29 is 0 Å². The molecule has 57 valence electrons. The van der Waals surface area contributed by atoms with E-state index in [2.05, 4.69) is 33.3 Å². The Kier molecular flexibility index (Phi) is 2.53. The second kappa shape index (κ2) is 3.23. The molecule has 0 amide bonds. The summed E-state index contributed by atoms with van der Waals surface area (Å²) in [5.41, 5.74) is 1.54. The maximum Gasteiger partial charge on any atom is -0.0289 e. The number of hydrogen-bond donors (Lipinski definition) is 0. The van der Waals surface area contributed by atoms with Gasteiger partial charge in [-0.05, 0) is 38.0 Å². The standard InChI is InChI=1S/C10H17/c1-8(2)10-6-4-9(3)5-7-10/h4,7-8,10H,5-6H2,1-3H3. The second-order valence-electron chi connectivity index (χ2n) is 3.63. The summed E-state index contributed by atoms with van der Waals surface area (Å²) in [6.07, 6.45) is 7.32. The lowest BCUT2D eigenvalue weighted by atomic mass is 9.83. The zero-order valence-corrected chi connectivity index (χ0v) is 7.22. The van der Waals surface area contributed by atoms with Gasteiger partial charge in [-0.1, -0.05) is 25.5 Å². The van der Waals surface area contributed by atoms with Gasteiger partial charge in [0.15, 0.2) is 0 Å². The molecule has 0 aromatic carbocycles. The number of hydrogen-bond acceptors (Lipinski definition) is 0. The third kappa shape index (κ3) is 1.86. The summed E-state index contributed by atoms with van der Waals surface area (Å²) in [4.78, 5) is 0. The summed E-state index contributed by atoms with van der Waals surface area (Å²) in [6, 6.07) is 0. The first-order valence-corrected chi connectivity index (χ1v) is 4.19. The van der Waals surface area contributed by atoms with Crippen LogP contribution < -0.4 is 0 Å². The van der Waals surface area contributed by atoms with Crippen molar-refractivity contribution in [1.82, 2.24) is 0 Å². The molecule has 1 radical (unpaired) electrons. The second-order valence-corrected chi connectivity index (χ2v) is 3.63. The molecule has 1 aliphatic rings. The van der Waals surface area contributed by atoms with Crippen molar-refractivity contribution in [3.8, 4) is 0 Å². The smallest absolute Gasteiger partial charge is 0.0289 e. The van der Waals surface area contributed by atoms with E-state index >= 15 is 0 Å². The number of allylic oxidation sites excluding steroid dienone is 2. The van der Waals surface area contributed by atoms with Gasteiger partial charge in [-0.3, -0.25) is 0 Å². The van der Waals surface area contributed by atoms with Crippen LogP contribution in [0.2, 0.25) is 0 Å². The lowest BCUT2D eigenvalue weighted by molar-refractivity contribution is 0.424. The van der Waals surface area contributed by atoms with Crippen LogP contribution in [-0.2, 0) is 0 Å². The van der Waals surface area contributed by atoms with Gasteiger partial charge in [0.1, 0.15) is 0 Å². The summed E-state index contributed by atoms with van der Waals surface area (Å²) in [6.45, 7) is 6.82. The van der Waals surface area contributed by atoms with E-state index < -0.39 is 0 Å². The van der Waals surface area contributed by atoms with Gasteiger partial charge < -0.3 is 0 Å². The lowest BCUT2D eigenvalue weighted by Gasteiger charge is -2.23. The van der Waals surface area contributed by atoms with E-state index in [1.165, 1.54) is 18.4 Å². The van der Waals surface area contributed by atoms with Crippen molar-refractivity contribution in [2.24, 2.45) is 11.8 Å². The minimum atomic E-state index is 0.823. The molecule has 0 saturated carbocycles. The van der Waals surface area contributed by atoms with Crippen molar-refractivity contribution in [3.05, 3.63) is 18.1 Å². The molecule has 1 atom stereocenters. The highest BCUT2D eigenvalue weighted by Crippen LogP contribution is 2.27. The molecule has 0 aliphatic heterocycles. The molecular formula is C10H17. The maximum atomic E-state index is 2.46. The summed E-state index contributed by atoms with van der Waals surface area (Å²) in [5, 5.41) is 0. The maximum absolute atomic E-state index is 2.46. The van der Waals surface area contributed by atoms with Gasteiger partial charge in [0.2, 0.25) is 0 Å². The average Bonchev–Trinajstić information content (AvgIpc) is 1.88. The van der Waals surface area contributed by atoms with Gasteiger partial charge in [-0.2, -0.15) is 0 Å². The monoisotopic (exact) mass is 137 g/mol. The Morgan fingerprint density at radius 1 is 1.50 bits per heavy atom. The molecule has 1 rings (SSSR count). The fourth-order valence-corrected chi connectivity index (χ4v) is 1.40. The van der Waals surface area contributed by atoms with Crippen LogP contribution in [-0.4, -0.2) is 0 Å². The largest absolute Gasteiger partial charge is 0.0853 e. The van der Waals surface area contributed by atoms with Gasteiger partial charge in [0, 0.05) is 0 Å². The minimum Gasteiger partial charge on any atom is -0.0853 e. The Bertz CT molecular complexity index is 131. The normalized spacial score (nSPS) is 26.8. The van der Waals surface area contributed by atoms with Crippen LogP contribution in [0.1, 0.15) is 33.6 Å². The molecule has 1 unspecified atom stereocenters. The molecule has 0 spiro atoms. The van der Waals surface area contributed by atoms with Gasteiger partial charge in [0.25, 0.3) is 0 Å². The van der Waals surface area contributed by atoms with E-state index in [1.54, 1.807) is 0 Å². The highest BCUT2D eigenvalue weighted by molar-refractivity contribution is 5.09. The fourth-order valence-electron chi connectivity index (χ4n) is 1.40. The fraction of sp³-hybridized carbons (Fsp3) is 0.700. The van der Waals surface area contributed by atoms with E-state index in [-0.39, 0.29) is 0 Å². The first-order valence-electron chi connectivity index (χ1n) is 4.19. The summed E-state index contributed by atoms with van der Waals surface area (Å²) < 4.78 is 0. The zero-order chi connectivity index (χ0) is 7.56. The SMILES string of the molecule is CC1=CCC(C(C)C)[CH]C1. The minimum absolute atomic E-state index is 0.823.